The molecular formula is C19H25N5O3. The van der Waals surface area contributed by atoms with Gasteiger partial charge in [-0.2, -0.15) is 0 Å². The molecule has 1 aromatic carbocycles. The van der Waals surface area contributed by atoms with Crippen LogP contribution < -0.4 is 16.6 Å². The SMILES string of the molecule is CCC(C)NC(=O)c1ccc2c(=O)n(CC(C)C)c3nn(C)c(=O)n3c2c1. The van der Waals surface area contributed by atoms with Crippen LogP contribution >= 0.6 is 0 Å². The summed E-state index contributed by atoms with van der Waals surface area (Å²) in [4.78, 5) is 38.1. The summed E-state index contributed by atoms with van der Waals surface area (Å²) >= 11 is 0. The number of nitrogens with zero attached hydrogens (tertiary/aromatic N) is 4. The van der Waals surface area contributed by atoms with Crippen LogP contribution in [-0.4, -0.2) is 30.7 Å². The van der Waals surface area contributed by atoms with Gasteiger partial charge in [0.1, 0.15) is 0 Å². The molecule has 3 rings (SSSR count). The number of amides is 1. The summed E-state index contributed by atoms with van der Waals surface area (Å²) in [6, 6.07) is 4.85. The molecule has 0 aliphatic heterocycles. The molecule has 0 aliphatic carbocycles. The third-order valence-corrected chi connectivity index (χ3v) is 4.66. The lowest BCUT2D eigenvalue weighted by Crippen LogP contribution is -2.32. The van der Waals surface area contributed by atoms with Crippen molar-refractivity contribution in [2.24, 2.45) is 13.0 Å². The number of fused-ring (bicyclic) bond motifs is 3. The number of aryl methyl sites for hydroxylation is 1. The maximum absolute atomic E-state index is 13.0. The maximum atomic E-state index is 13.0. The molecular weight excluding hydrogens is 346 g/mol. The van der Waals surface area contributed by atoms with Crippen molar-refractivity contribution in [2.75, 3.05) is 0 Å². The van der Waals surface area contributed by atoms with Crippen LogP contribution in [0.2, 0.25) is 0 Å². The minimum atomic E-state index is -0.355. The fraction of sp³-hybridized carbons (Fsp3) is 0.474. The number of nitrogens with one attached hydrogen (secondary N) is 1. The highest BCUT2D eigenvalue weighted by molar-refractivity contribution is 5.98. The lowest BCUT2D eigenvalue weighted by Gasteiger charge is -2.14. The molecule has 3 aromatic rings. The third-order valence-electron chi connectivity index (χ3n) is 4.66. The Morgan fingerprint density at radius 3 is 2.56 bits per heavy atom. The van der Waals surface area contributed by atoms with E-state index in [9.17, 15) is 14.4 Å². The number of carbonyl (C=O) groups excluding carboxylic acids is 1. The van der Waals surface area contributed by atoms with Crippen molar-refractivity contribution in [3.63, 3.8) is 0 Å². The van der Waals surface area contributed by atoms with E-state index in [1.807, 2.05) is 27.7 Å². The molecule has 1 unspecified atom stereocenters. The zero-order valence-electron chi connectivity index (χ0n) is 16.3. The van der Waals surface area contributed by atoms with Crippen LogP contribution in [0.3, 0.4) is 0 Å². The predicted octanol–water partition coefficient (Wildman–Crippen LogP) is 1.53. The highest BCUT2D eigenvalue weighted by Crippen LogP contribution is 2.15. The first-order chi connectivity index (χ1) is 12.7. The van der Waals surface area contributed by atoms with Crippen LogP contribution in [0.1, 0.15) is 44.5 Å². The molecule has 0 saturated carbocycles. The minimum Gasteiger partial charge on any atom is -0.350 e. The van der Waals surface area contributed by atoms with Gasteiger partial charge in [0.25, 0.3) is 11.5 Å². The van der Waals surface area contributed by atoms with E-state index in [0.29, 0.717) is 23.0 Å². The Balaban J connectivity index is 2.31. The molecule has 0 fully saturated rings. The summed E-state index contributed by atoms with van der Waals surface area (Å²) in [6.07, 6.45) is 0.811. The number of carbonyl (C=O) groups is 1. The van der Waals surface area contributed by atoms with Crippen LogP contribution in [0, 0.1) is 5.92 Å². The van der Waals surface area contributed by atoms with E-state index in [0.717, 1.165) is 6.42 Å². The van der Waals surface area contributed by atoms with Gasteiger partial charge in [0, 0.05) is 25.2 Å². The zero-order valence-corrected chi connectivity index (χ0v) is 16.3. The summed E-state index contributed by atoms with van der Waals surface area (Å²) in [6.45, 7) is 8.35. The molecule has 0 bridgehead atoms. The van der Waals surface area contributed by atoms with Crippen molar-refractivity contribution >= 4 is 22.6 Å². The van der Waals surface area contributed by atoms with E-state index in [2.05, 4.69) is 10.4 Å². The van der Waals surface area contributed by atoms with Crippen molar-refractivity contribution in [1.82, 2.24) is 24.1 Å². The molecule has 8 nitrogen and oxygen atoms in total. The first-order valence-corrected chi connectivity index (χ1v) is 9.17. The quantitative estimate of drug-likeness (QED) is 0.736. The highest BCUT2D eigenvalue weighted by Gasteiger charge is 2.18. The normalized spacial score (nSPS) is 12.8. The lowest BCUT2D eigenvalue weighted by molar-refractivity contribution is 0.0939. The van der Waals surface area contributed by atoms with Crippen LogP contribution in [0.5, 0.6) is 0 Å². The largest absolute Gasteiger partial charge is 0.351 e. The van der Waals surface area contributed by atoms with E-state index < -0.39 is 0 Å². The van der Waals surface area contributed by atoms with Crippen molar-refractivity contribution in [1.29, 1.82) is 0 Å². The van der Waals surface area contributed by atoms with Gasteiger partial charge in [-0.3, -0.25) is 14.2 Å². The Bertz CT molecular complexity index is 1140. The molecule has 0 saturated heterocycles. The van der Waals surface area contributed by atoms with Gasteiger partial charge in [-0.15, -0.1) is 5.10 Å². The fourth-order valence-corrected chi connectivity index (χ4v) is 3.05. The Hall–Kier alpha value is -2.90. The molecule has 2 heterocycles. The summed E-state index contributed by atoms with van der Waals surface area (Å²) in [7, 11) is 1.55. The summed E-state index contributed by atoms with van der Waals surface area (Å²) < 4.78 is 4.13. The minimum absolute atomic E-state index is 0.0355. The van der Waals surface area contributed by atoms with Gasteiger partial charge in [-0.1, -0.05) is 20.8 Å². The van der Waals surface area contributed by atoms with E-state index >= 15 is 0 Å². The van der Waals surface area contributed by atoms with E-state index in [4.69, 9.17) is 0 Å². The van der Waals surface area contributed by atoms with Crippen LogP contribution in [0.4, 0.5) is 0 Å². The van der Waals surface area contributed by atoms with Crippen LogP contribution in [-0.2, 0) is 13.6 Å². The average molecular weight is 371 g/mol. The topological polar surface area (TPSA) is 90.4 Å². The van der Waals surface area contributed by atoms with Gasteiger partial charge < -0.3 is 5.32 Å². The van der Waals surface area contributed by atoms with E-state index in [1.54, 1.807) is 25.2 Å². The Morgan fingerprint density at radius 2 is 1.93 bits per heavy atom. The van der Waals surface area contributed by atoms with Crippen molar-refractivity contribution < 1.29 is 4.79 Å². The molecule has 1 amide bonds. The first-order valence-electron chi connectivity index (χ1n) is 9.17. The summed E-state index contributed by atoms with van der Waals surface area (Å²) in [5, 5.41) is 7.53. The second-order valence-corrected chi connectivity index (χ2v) is 7.37. The van der Waals surface area contributed by atoms with Crippen molar-refractivity contribution in [3.8, 4) is 0 Å². The first kappa shape index (κ1) is 18.9. The molecule has 0 spiro atoms. The standard InChI is InChI=1S/C19H25N5O3/c1-6-12(4)20-16(25)13-7-8-14-15(9-13)24-18(21-22(5)19(24)27)23(17(14)26)10-11(2)3/h7-9,11-12H,6,10H2,1-5H3,(H,20,25). The van der Waals surface area contributed by atoms with Gasteiger partial charge in [0.2, 0.25) is 5.78 Å². The van der Waals surface area contributed by atoms with Crippen LogP contribution in [0.15, 0.2) is 27.8 Å². The Labute approximate surface area is 156 Å². The fourth-order valence-electron chi connectivity index (χ4n) is 3.05. The number of aromatic nitrogens is 4. The zero-order chi connectivity index (χ0) is 19.9. The van der Waals surface area contributed by atoms with Crippen molar-refractivity contribution in [2.45, 2.75) is 46.7 Å². The van der Waals surface area contributed by atoms with Gasteiger partial charge in [0.05, 0.1) is 10.9 Å². The number of hydrogen-bond acceptors (Lipinski definition) is 4. The maximum Gasteiger partial charge on any atom is 0.351 e. The molecule has 0 aliphatic rings. The molecule has 1 N–H and O–H groups in total. The predicted molar refractivity (Wildman–Crippen MR) is 104 cm³/mol. The Morgan fingerprint density at radius 1 is 1.22 bits per heavy atom. The monoisotopic (exact) mass is 371 g/mol. The molecule has 144 valence electrons. The number of hydrogen-bond donors (Lipinski definition) is 1. The van der Waals surface area contributed by atoms with Gasteiger partial charge in [-0.25, -0.2) is 13.9 Å². The van der Waals surface area contributed by atoms with Gasteiger partial charge in [0.15, 0.2) is 0 Å². The lowest BCUT2D eigenvalue weighted by atomic mass is 10.1. The van der Waals surface area contributed by atoms with Crippen molar-refractivity contribution in [3.05, 3.63) is 44.6 Å². The Kier molecular flexibility index (Phi) is 4.91. The van der Waals surface area contributed by atoms with E-state index in [-0.39, 0.29) is 34.9 Å². The molecule has 1 atom stereocenters. The highest BCUT2D eigenvalue weighted by atomic mass is 16.2. The molecule has 27 heavy (non-hydrogen) atoms. The average Bonchev–Trinajstić information content (AvgIpc) is 2.92. The summed E-state index contributed by atoms with van der Waals surface area (Å²) in [5.74, 6) is 0.262. The molecule has 0 radical (unpaired) electrons. The van der Waals surface area contributed by atoms with Crippen LogP contribution in [0.25, 0.3) is 16.7 Å². The second kappa shape index (κ2) is 7.02. The molecule has 8 heteroatoms. The molecule has 2 aromatic heterocycles. The van der Waals surface area contributed by atoms with E-state index in [1.165, 1.54) is 13.6 Å². The summed E-state index contributed by atoms with van der Waals surface area (Å²) in [5.41, 5.74) is 0.225. The number of rotatable bonds is 5. The third kappa shape index (κ3) is 3.27. The second-order valence-electron chi connectivity index (χ2n) is 7.37. The van der Waals surface area contributed by atoms with Gasteiger partial charge in [-0.05, 0) is 37.5 Å². The van der Waals surface area contributed by atoms with Gasteiger partial charge >= 0.3 is 5.69 Å². The number of benzene rings is 1. The smallest absolute Gasteiger partial charge is 0.350 e.